The van der Waals surface area contributed by atoms with Crippen molar-refractivity contribution in [2.75, 3.05) is 37.0 Å². The van der Waals surface area contributed by atoms with Crippen LogP contribution < -0.4 is 10.2 Å². The monoisotopic (exact) mass is 916 g/mol. The van der Waals surface area contributed by atoms with Crippen molar-refractivity contribution in [3.8, 4) is 0 Å². The topological polar surface area (TPSA) is 225 Å². The Bertz CT molecular complexity index is 1720. The molecule has 0 spiro atoms. The minimum absolute atomic E-state index is 0.00766. The highest BCUT2D eigenvalue weighted by Gasteiger charge is 2.53. The van der Waals surface area contributed by atoms with Gasteiger partial charge in [-0.3, -0.25) is 43.4 Å². The second kappa shape index (κ2) is 25.0. The van der Waals surface area contributed by atoms with E-state index in [9.17, 15) is 53.4 Å². The zero-order valence-electron chi connectivity index (χ0n) is 32.3. The number of amides is 2. The molecule has 4 aliphatic rings. The summed E-state index contributed by atoms with van der Waals surface area (Å²) >= 11 is 12.3. The largest absolute Gasteiger partial charge is 0.543 e. The van der Waals surface area contributed by atoms with Crippen molar-refractivity contribution in [1.82, 2.24) is 9.80 Å². The van der Waals surface area contributed by atoms with E-state index in [1.807, 2.05) is 13.8 Å². The Morgan fingerprint density at radius 3 is 1.47 bits per heavy atom. The summed E-state index contributed by atoms with van der Waals surface area (Å²) in [5, 5.41) is 22.5. The summed E-state index contributed by atoms with van der Waals surface area (Å²) in [6.45, 7) is 3.33. The fraction of sp³-hybridized carbons (Fsp3) is 0.649. The summed E-state index contributed by atoms with van der Waals surface area (Å²) in [7, 11) is 1.53. The van der Waals surface area contributed by atoms with Crippen molar-refractivity contribution in [3.63, 3.8) is 0 Å². The van der Waals surface area contributed by atoms with E-state index in [-0.39, 0.29) is 91.1 Å². The van der Waals surface area contributed by atoms with Crippen LogP contribution in [0.1, 0.15) is 90.9 Å². The number of ketones is 3. The molecule has 4 rings (SSSR count). The number of ether oxygens (including phenoxy) is 2. The quantitative estimate of drug-likeness (QED) is 0.0555. The fourth-order valence-electron chi connectivity index (χ4n) is 6.58. The highest BCUT2D eigenvalue weighted by molar-refractivity contribution is 8.00. The standard InChI is InChI=1S/C20H26NO7PS2.C17H22NO6PS2/c1-2-4-14(23)9-15-18(25)21-17(20(26)27)12(11-31-19(15)21)10-28-16(24)6-3-5-13(22)7-8-29-30;1-2-4-11(19)7-12-15(21)18-14(17(22)23)10(9-27-16(12)18)8-24-13(20)5-3-6-25-26/h15,19H,2-11H2,1H3,(H,26,27);12,16H,2-9H2,1H3,(H,22,23)/p-2. The molecule has 15 nitrogen and oxygen atoms in total. The molecular formula is C37H46N2O13P2S4-2. The number of fused-ring (bicyclic) bond motifs is 2. The van der Waals surface area contributed by atoms with E-state index in [4.69, 9.17) is 33.1 Å². The van der Waals surface area contributed by atoms with Gasteiger partial charge in [0.1, 0.15) is 30.6 Å². The Balaban J connectivity index is 0.000000313. The molecule has 4 atom stereocenters. The maximum Gasteiger partial charge on any atom is 0.306 e. The summed E-state index contributed by atoms with van der Waals surface area (Å²) in [4.78, 5) is 110. The smallest absolute Gasteiger partial charge is 0.306 e. The molecule has 2 saturated heterocycles. The summed E-state index contributed by atoms with van der Waals surface area (Å²) in [6.07, 6.45) is 5.71. The lowest BCUT2D eigenvalue weighted by molar-refractivity contribution is -0.303. The lowest BCUT2D eigenvalue weighted by atomic mass is 9.89. The van der Waals surface area contributed by atoms with Gasteiger partial charge in [-0.25, -0.2) is 0 Å². The first kappa shape index (κ1) is 49.4. The number of esters is 2. The third-order valence-corrected chi connectivity index (χ3v) is 14.2. The van der Waals surface area contributed by atoms with Gasteiger partial charge in [0.15, 0.2) is 0 Å². The fourth-order valence-corrected chi connectivity index (χ4v) is 10.7. The van der Waals surface area contributed by atoms with Gasteiger partial charge in [0.05, 0.1) is 45.9 Å². The molecule has 0 N–H and O–H groups in total. The number of carbonyl (C=O) groups excluding carboxylic acids is 9. The number of carbonyl (C=O) groups is 9. The van der Waals surface area contributed by atoms with Gasteiger partial charge < -0.3 is 29.3 Å². The number of hydrogen-bond donors (Lipinski definition) is 0. The van der Waals surface area contributed by atoms with Crippen LogP contribution in [0.4, 0.5) is 0 Å². The van der Waals surface area contributed by atoms with Gasteiger partial charge in [-0.15, -0.1) is 23.5 Å². The molecule has 4 heterocycles. The van der Waals surface area contributed by atoms with Crippen molar-refractivity contribution in [1.29, 1.82) is 0 Å². The summed E-state index contributed by atoms with van der Waals surface area (Å²) in [5.74, 6) is -5.14. The van der Waals surface area contributed by atoms with E-state index in [0.717, 1.165) is 25.8 Å². The Morgan fingerprint density at radius 2 is 1.07 bits per heavy atom. The maximum absolute atomic E-state index is 12.5. The molecule has 0 aromatic rings. The molecule has 2 amide bonds. The molecule has 4 aliphatic heterocycles. The molecule has 0 bridgehead atoms. The zero-order valence-corrected chi connectivity index (χ0v) is 37.3. The van der Waals surface area contributed by atoms with E-state index in [1.54, 1.807) is 0 Å². The molecule has 318 valence electrons. The van der Waals surface area contributed by atoms with E-state index in [1.165, 1.54) is 28.4 Å². The van der Waals surface area contributed by atoms with E-state index in [0.29, 0.717) is 68.0 Å². The average molecular weight is 917 g/mol. The van der Waals surface area contributed by atoms with Crippen LogP contribution in [0.5, 0.6) is 0 Å². The normalized spacial score (nSPS) is 20.9. The van der Waals surface area contributed by atoms with Crippen molar-refractivity contribution in [2.24, 2.45) is 11.8 Å². The highest BCUT2D eigenvalue weighted by atomic mass is 32.4. The Labute approximate surface area is 358 Å². The molecule has 0 aromatic carbocycles. The Hall–Kier alpha value is -2.95. The number of aliphatic carboxylic acids is 2. The molecule has 21 heteroatoms. The van der Waals surface area contributed by atoms with Crippen LogP contribution in [0, 0.1) is 11.8 Å². The van der Waals surface area contributed by atoms with Crippen LogP contribution in [0.2, 0.25) is 0 Å². The molecular weight excluding hydrogens is 871 g/mol. The minimum Gasteiger partial charge on any atom is -0.543 e. The van der Waals surface area contributed by atoms with Gasteiger partial charge in [-0.1, -0.05) is 37.5 Å². The van der Waals surface area contributed by atoms with Crippen molar-refractivity contribution in [2.45, 2.75) is 102 Å². The van der Waals surface area contributed by atoms with Crippen molar-refractivity contribution < 1.29 is 62.8 Å². The van der Waals surface area contributed by atoms with E-state index < -0.39 is 47.0 Å². The van der Waals surface area contributed by atoms with Crippen molar-refractivity contribution >= 4 is 115 Å². The third-order valence-electron chi connectivity index (χ3n) is 9.42. The third kappa shape index (κ3) is 13.8. The second-order valence-corrected chi connectivity index (χ2v) is 18.9. The summed E-state index contributed by atoms with van der Waals surface area (Å²) in [6, 6.07) is 0. The summed E-state index contributed by atoms with van der Waals surface area (Å²) in [5.41, 5.74) is 0.151. The van der Waals surface area contributed by atoms with Crippen LogP contribution in [0.25, 0.3) is 0 Å². The predicted octanol–water partition coefficient (Wildman–Crippen LogP) is 2.37. The molecule has 4 unspecified atom stereocenters. The number of nitrogens with zero attached hydrogens (tertiary/aromatic N) is 2. The van der Waals surface area contributed by atoms with E-state index >= 15 is 0 Å². The van der Waals surface area contributed by atoms with Gasteiger partial charge in [0.2, 0.25) is 11.8 Å². The Morgan fingerprint density at radius 1 is 0.638 bits per heavy atom. The lowest BCUT2D eigenvalue weighted by Crippen LogP contribution is -2.63. The van der Waals surface area contributed by atoms with Gasteiger partial charge in [-0.05, 0) is 40.4 Å². The number of rotatable bonds is 25. The molecule has 0 radical (unpaired) electrons. The average Bonchev–Trinajstić information content (AvgIpc) is 3.19. The van der Waals surface area contributed by atoms with Crippen LogP contribution in [0.3, 0.4) is 0 Å². The van der Waals surface area contributed by atoms with Crippen LogP contribution in [-0.2, 0) is 76.2 Å². The Kier molecular flexibility index (Phi) is 21.3. The molecule has 58 heavy (non-hydrogen) atoms. The summed E-state index contributed by atoms with van der Waals surface area (Å²) < 4.78 is 10.3. The molecule has 0 aliphatic carbocycles. The zero-order chi connectivity index (χ0) is 42.9. The van der Waals surface area contributed by atoms with Gasteiger partial charge >= 0.3 is 11.9 Å². The molecule has 2 fully saturated rings. The van der Waals surface area contributed by atoms with Crippen LogP contribution >= 0.6 is 38.2 Å². The number of Topliss-reactive ketones (excluding diaryl/α,β-unsaturated/α-hetero) is 3. The van der Waals surface area contributed by atoms with E-state index in [2.05, 4.69) is 0 Å². The first-order valence-electron chi connectivity index (χ1n) is 18.9. The highest BCUT2D eigenvalue weighted by Crippen LogP contribution is 2.46. The SMILES string of the molecule is CCCC(=O)CC1C(=O)N2C(C(=O)[O-])=C(COC(=O)CCCC(=O)CCP=S)CSC12.CCCC(=O)CC1C(=O)N2C(C(=O)[O-])=C(COC(=O)CCCP=S)CSC12. The maximum atomic E-state index is 12.5. The van der Waals surface area contributed by atoms with Gasteiger partial charge in [-0.2, -0.15) is 0 Å². The number of thioether (sulfide) groups is 2. The number of hydrogen-bond acceptors (Lipinski definition) is 17. The molecule has 0 saturated carbocycles. The number of carboxylic acids is 2. The second-order valence-electron chi connectivity index (χ2n) is 13.8. The lowest BCUT2D eigenvalue weighted by Gasteiger charge is -2.50. The number of β-lactam (4-membered cyclic amide) rings is 2. The minimum atomic E-state index is -1.50. The van der Waals surface area contributed by atoms with Gasteiger partial charge in [0, 0.05) is 86.3 Å². The first-order chi connectivity index (χ1) is 27.7. The van der Waals surface area contributed by atoms with Crippen molar-refractivity contribution in [3.05, 3.63) is 22.5 Å². The van der Waals surface area contributed by atoms with Crippen LogP contribution in [-0.4, -0.2) is 111 Å². The number of carboxylic acid groups (broad SMARTS) is 2. The first-order valence-corrected chi connectivity index (χ1v) is 25.2. The van der Waals surface area contributed by atoms with Crippen LogP contribution in [0.15, 0.2) is 22.5 Å². The molecule has 0 aromatic heterocycles. The predicted molar refractivity (Wildman–Crippen MR) is 219 cm³/mol. The van der Waals surface area contributed by atoms with Gasteiger partial charge in [0.25, 0.3) is 0 Å².